The van der Waals surface area contributed by atoms with Gasteiger partial charge >= 0.3 is 0 Å². The summed E-state index contributed by atoms with van der Waals surface area (Å²) in [4.78, 5) is 13.6. The van der Waals surface area contributed by atoms with Crippen LogP contribution in [0.4, 0.5) is 0 Å². The second kappa shape index (κ2) is 10.7. The Bertz CT molecular complexity index is 1200. The number of carbonyl (C=O) groups is 1. The highest BCUT2D eigenvalue weighted by molar-refractivity contribution is 6.30. The summed E-state index contributed by atoms with van der Waals surface area (Å²) >= 11 is 6.09. The van der Waals surface area contributed by atoms with Gasteiger partial charge in [0.2, 0.25) is 0 Å². The van der Waals surface area contributed by atoms with Crippen LogP contribution < -0.4 is 14.8 Å². The number of rotatable bonds is 8. The minimum absolute atomic E-state index is 0.292. The maximum Gasteiger partial charge on any atom is 0.259 e. The van der Waals surface area contributed by atoms with Crippen LogP contribution in [0.1, 0.15) is 33.1 Å². The summed E-state index contributed by atoms with van der Waals surface area (Å²) in [5.41, 5.74) is 3.23. The van der Waals surface area contributed by atoms with Crippen molar-refractivity contribution in [1.82, 2.24) is 5.32 Å². The lowest BCUT2D eigenvalue weighted by Crippen LogP contribution is -2.30. The molecule has 1 N–H and O–H groups in total. The Morgan fingerprint density at radius 3 is 2.06 bits per heavy atom. The third-order valence-corrected chi connectivity index (χ3v) is 5.54. The Morgan fingerprint density at radius 2 is 1.39 bits per heavy atom. The van der Waals surface area contributed by atoms with Crippen LogP contribution in [0.2, 0.25) is 5.02 Å². The van der Waals surface area contributed by atoms with E-state index in [1.807, 2.05) is 91.0 Å². The Labute approximate surface area is 198 Å². The molecule has 0 radical (unpaired) electrons. The number of ether oxygens (including phenoxy) is 2. The molecule has 4 aromatic rings. The smallest absolute Gasteiger partial charge is 0.259 e. The number of carbonyl (C=O) groups excluding carboxylic acids is 1. The molecule has 4 aromatic carbocycles. The van der Waals surface area contributed by atoms with Gasteiger partial charge in [0.15, 0.2) is 0 Å². The zero-order chi connectivity index (χ0) is 23.0. The average molecular weight is 458 g/mol. The van der Waals surface area contributed by atoms with Gasteiger partial charge < -0.3 is 14.8 Å². The number of nitrogens with one attached hydrogen (secondary N) is 1. The largest absolute Gasteiger partial charge is 0.496 e. The highest BCUT2D eigenvalue weighted by Crippen LogP contribution is 2.31. The van der Waals surface area contributed by atoms with E-state index in [1.54, 1.807) is 19.2 Å². The van der Waals surface area contributed by atoms with Crippen LogP contribution >= 0.6 is 11.6 Å². The van der Waals surface area contributed by atoms with Crippen molar-refractivity contribution in [3.8, 4) is 11.5 Å². The monoisotopic (exact) mass is 457 g/mol. The molecule has 0 spiro atoms. The van der Waals surface area contributed by atoms with E-state index in [4.69, 9.17) is 21.1 Å². The first kappa shape index (κ1) is 22.4. The first-order valence-electron chi connectivity index (χ1n) is 10.6. The SMILES string of the molecule is COc1cccc(OCc2ccccc2)c1C(=O)NC(c1ccccc1)c1ccc(Cl)cc1. The van der Waals surface area contributed by atoms with E-state index in [2.05, 4.69) is 5.32 Å². The Kier molecular flexibility index (Phi) is 7.28. The van der Waals surface area contributed by atoms with Crippen molar-refractivity contribution in [1.29, 1.82) is 0 Å². The first-order valence-corrected chi connectivity index (χ1v) is 11.0. The molecule has 1 unspecified atom stereocenters. The highest BCUT2D eigenvalue weighted by Gasteiger charge is 2.23. The van der Waals surface area contributed by atoms with Gasteiger partial charge in [0.05, 0.1) is 13.2 Å². The van der Waals surface area contributed by atoms with Crippen LogP contribution in [0.5, 0.6) is 11.5 Å². The fourth-order valence-corrected chi connectivity index (χ4v) is 3.75. The topological polar surface area (TPSA) is 47.6 Å². The van der Waals surface area contributed by atoms with E-state index >= 15 is 0 Å². The van der Waals surface area contributed by atoms with Crippen LogP contribution in [-0.2, 0) is 6.61 Å². The molecular weight excluding hydrogens is 434 g/mol. The fraction of sp³-hybridized carbons (Fsp3) is 0.107. The van der Waals surface area contributed by atoms with Crippen molar-refractivity contribution in [2.45, 2.75) is 12.6 Å². The summed E-state index contributed by atoms with van der Waals surface area (Å²) in [5, 5.41) is 3.79. The fourth-order valence-electron chi connectivity index (χ4n) is 3.62. The van der Waals surface area contributed by atoms with Crippen LogP contribution in [0, 0.1) is 0 Å². The molecule has 0 saturated heterocycles. The summed E-state index contributed by atoms with van der Waals surface area (Å²) in [6.45, 7) is 0.341. The second-order valence-corrected chi connectivity index (χ2v) is 7.91. The van der Waals surface area contributed by atoms with Crippen LogP contribution in [0.25, 0.3) is 0 Å². The number of halogens is 1. The lowest BCUT2D eigenvalue weighted by molar-refractivity contribution is 0.0935. The van der Waals surface area contributed by atoms with Gasteiger partial charge in [-0.3, -0.25) is 4.79 Å². The molecule has 0 aliphatic carbocycles. The van der Waals surface area contributed by atoms with Crippen molar-refractivity contribution in [2.24, 2.45) is 0 Å². The molecule has 1 amide bonds. The Balaban J connectivity index is 1.65. The van der Waals surface area contributed by atoms with Crippen molar-refractivity contribution in [3.63, 3.8) is 0 Å². The highest BCUT2D eigenvalue weighted by atomic mass is 35.5. The number of amides is 1. The molecule has 166 valence electrons. The maximum absolute atomic E-state index is 13.6. The Hall–Kier alpha value is -3.76. The number of hydrogen-bond donors (Lipinski definition) is 1. The third-order valence-electron chi connectivity index (χ3n) is 5.28. The average Bonchev–Trinajstić information content (AvgIpc) is 2.87. The van der Waals surface area contributed by atoms with Gasteiger partial charge in [-0.1, -0.05) is 90.5 Å². The summed E-state index contributed by atoms with van der Waals surface area (Å²) in [6.07, 6.45) is 0. The molecule has 0 heterocycles. The molecule has 0 aromatic heterocycles. The van der Waals surface area contributed by atoms with E-state index in [9.17, 15) is 4.79 Å². The number of hydrogen-bond acceptors (Lipinski definition) is 3. The Morgan fingerprint density at radius 1 is 0.788 bits per heavy atom. The van der Waals surface area contributed by atoms with Crippen LogP contribution in [0.15, 0.2) is 103 Å². The lowest BCUT2D eigenvalue weighted by atomic mass is 9.98. The minimum Gasteiger partial charge on any atom is -0.496 e. The lowest BCUT2D eigenvalue weighted by Gasteiger charge is -2.22. The van der Waals surface area contributed by atoms with Gasteiger partial charge in [0, 0.05) is 5.02 Å². The van der Waals surface area contributed by atoms with Gasteiger partial charge in [0.25, 0.3) is 5.91 Å². The van der Waals surface area contributed by atoms with E-state index in [0.717, 1.165) is 16.7 Å². The summed E-state index contributed by atoms with van der Waals surface area (Å²) < 4.78 is 11.5. The normalized spacial score (nSPS) is 11.5. The number of benzene rings is 4. The van der Waals surface area contributed by atoms with Gasteiger partial charge in [-0.25, -0.2) is 0 Å². The zero-order valence-corrected chi connectivity index (χ0v) is 19.0. The molecule has 0 saturated carbocycles. The minimum atomic E-state index is -0.372. The predicted molar refractivity (Wildman–Crippen MR) is 131 cm³/mol. The molecule has 4 nitrogen and oxygen atoms in total. The molecular formula is C28H24ClNO3. The number of methoxy groups -OCH3 is 1. The van der Waals surface area contributed by atoms with Gasteiger partial charge in [-0.2, -0.15) is 0 Å². The summed E-state index contributed by atoms with van der Waals surface area (Å²) in [5.74, 6) is 0.610. The van der Waals surface area contributed by atoms with Crippen LogP contribution in [0.3, 0.4) is 0 Å². The van der Waals surface area contributed by atoms with E-state index in [1.165, 1.54) is 0 Å². The van der Waals surface area contributed by atoms with Crippen molar-refractivity contribution in [3.05, 3.63) is 130 Å². The van der Waals surface area contributed by atoms with Crippen molar-refractivity contribution in [2.75, 3.05) is 7.11 Å². The molecule has 0 fully saturated rings. The third kappa shape index (κ3) is 5.54. The molecule has 0 aliphatic heterocycles. The first-order chi connectivity index (χ1) is 16.2. The van der Waals surface area contributed by atoms with Crippen LogP contribution in [-0.4, -0.2) is 13.0 Å². The summed E-state index contributed by atoms with van der Waals surface area (Å²) in [6, 6.07) is 32.0. The molecule has 33 heavy (non-hydrogen) atoms. The van der Waals surface area contributed by atoms with Gasteiger partial charge in [-0.05, 0) is 41.0 Å². The predicted octanol–water partition coefficient (Wildman–Crippen LogP) is 6.45. The molecule has 1 atom stereocenters. The summed E-state index contributed by atoms with van der Waals surface area (Å²) in [7, 11) is 1.54. The second-order valence-electron chi connectivity index (χ2n) is 7.48. The quantitative estimate of drug-likeness (QED) is 0.331. The van der Waals surface area contributed by atoms with E-state index in [0.29, 0.717) is 28.7 Å². The standard InChI is InChI=1S/C28H24ClNO3/c1-32-24-13-8-14-25(33-19-20-9-4-2-5-10-20)26(24)28(31)30-27(21-11-6-3-7-12-21)22-15-17-23(29)18-16-22/h2-18,27H,19H2,1H3,(H,30,31). The molecule has 0 bridgehead atoms. The van der Waals surface area contributed by atoms with Gasteiger partial charge in [-0.15, -0.1) is 0 Å². The van der Waals surface area contributed by atoms with Crippen molar-refractivity contribution >= 4 is 17.5 Å². The zero-order valence-electron chi connectivity index (χ0n) is 18.2. The van der Waals surface area contributed by atoms with Crippen molar-refractivity contribution < 1.29 is 14.3 Å². The molecule has 5 heteroatoms. The molecule has 0 aliphatic rings. The maximum atomic E-state index is 13.6. The van der Waals surface area contributed by atoms with Gasteiger partial charge in [0.1, 0.15) is 23.7 Å². The van der Waals surface area contributed by atoms with E-state index < -0.39 is 0 Å². The van der Waals surface area contributed by atoms with E-state index in [-0.39, 0.29) is 11.9 Å². The molecule has 4 rings (SSSR count).